The van der Waals surface area contributed by atoms with Crippen LogP contribution in [0.15, 0.2) is 61.2 Å². The Kier molecular flexibility index (Phi) is 4.58. The Balaban J connectivity index is 1.52. The van der Waals surface area contributed by atoms with E-state index in [-0.39, 0.29) is 6.03 Å². The molecule has 7 heteroatoms. The first-order chi connectivity index (χ1) is 11.3. The van der Waals surface area contributed by atoms with Crippen molar-refractivity contribution in [3.8, 4) is 5.82 Å². The fourth-order valence-electron chi connectivity index (χ4n) is 2.02. The standard InChI is InChI=1S/C16H16N6O/c23-16(20-12-14-4-1-2-6-17-14)19-11-13-5-8-18-15(10-13)22-9-3-7-21-22/h1-10H,11-12H2,(H2,19,20,23). The summed E-state index contributed by atoms with van der Waals surface area (Å²) in [7, 11) is 0. The van der Waals surface area contributed by atoms with Gasteiger partial charge in [0.15, 0.2) is 5.82 Å². The minimum atomic E-state index is -0.242. The summed E-state index contributed by atoms with van der Waals surface area (Å²) in [5.74, 6) is 0.711. The van der Waals surface area contributed by atoms with E-state index in [1.54, 1.807) is 23.3 Å². The second-order valence-corrected chi connectivity index (χ2v) is 4.83. The van der Waals surface area contributed by atoms with Crippen LogP contribution in [0.5, 0.6) is 0 Å². The zero-order valence-corrected chi connectivity index (χ0v) is 12.4. The third kappa shape index (κ3) is 4.13. The molecule has 0 fully saturated rings. The van der Waals surface area contributed by atoms with Gasteiger partial charge in [0.05, 0.1) is 12.2 Å². The summed E-state index contributed by atoms with van der Waals surface area (Å²) in [4.78, 5) is 20.2. The van der Waals surface area contributed by atoms with E-state index in [0.29, 0.717) is 18.9 Å². The number of pyridine rings is 2. The van der Waals surface area contributed by atoms with E-state index in [0.717, 1.165) is 11.3 Å². The van der Waals surface area contributed by atoms with Crippen molar-refractivity contribution in [2.24, 2.45) is 0 Å². The lowest BCUT2D eigenvalue weighted by molar-refractivity contribution is 0.240. The Bertz CT molecular complexity index is 757. The van der Waals surface area contributed by atoms with Crippen LogP contribution in [0.3, 0.4) is 0 Å². The van der Waals surface area contributed by atoms with E-state index in [9.17, 15) is 4.79 Å². The van der Waals surface area contributed by atoms with Crippen LogP contribution in [0.1, 0.15) is 11.3 Å². The number of amides is 2. The highest BCUT2D eigenvalue weighted by Crippen LogP contribution is 2.05. The molecule has 0 aromatic carbocycles. The zero-order valence-electron chi connectivity index (χ0n) is 12.4. The van der Waals surface area contributed by atoms with Gasteiger partial charge < -0.3 is 10.6 Å². The smallest absolute Gasteiger partial charge is 0.315 e. The van der Waals surface area contributed by atoms with Gasteiger partial charge >= 0.3 is 6.03 Å². The Hall–Kier alpha value is -3.22. The van der Waals surface area contributed by atoms with Gasteiger partial charge in [-0.2, -0.15) is 5.10 Å². The molecule has 2 amide bonds. The van der Waals surface area contributed by atoms with E-state index >= 15 is 0 Å². The van der Waals surface area contributed by atoms with Crippen LogP contribution in [0.4, 0.5) is 4.79 Å². The SMILES string of the molecule is O=C(NCc1ccnc(-n2cccn2)c1)NCc1ccccn1. The Morgan fingerprint density at radius 3 is 2.70 bits per heavy atom. The van der Waals surface area contributed by atoms with Crippen molar-refractivity contribution in [3.05, 3.63) is 72.4 Å². The molecular weight excluding hydrogens is 292 g/mol. The number of carbonyl (C=O) groups is 1. The summed E-state index contributed by atoms with van der Waals surface area (Å²) in [5, 5.41) is 9.71. The van der Waals surface area contributed by atoms with Crippen LogP contribution in [-0.2, 0) is 13.1 Å². The molecule has 0 saturated carbocycles. The maximum absolute atomic E-state index is 11.8. The molecule has 0 bridgehead atoms. The van der Waals surface area contributed by atoms with Gasteiger partial charge in [-0.15, -0.1) is 0 Å². The maximum Gasteiger partial charge on any atom is 0.315 e. The number of nitrogens with one attached hydrogen (secondary N) is 2. The number of carbonyl (C=O) groups excluding carboxylic acids is 1. The van der Waals surface area contributed by atoms with E-state index in [4.69, 9.17) is 0 Å². The van der Waals surface area contributed by atoms with Gasteiger partial charge in [0.25, 0.3) is 0 Å². The summed E-state index contributed by atoms with van der Waals surface area (Å²) in [6.45, 7) is 0.798. The van der Waals surface area contributed by atoms with Crippen molar-refractivity contribution >= 4 is 6.03 Å². The summed E-state index contributed by atoms with van der Waals surface area (Å²) in [5.41, 5.74) is 1.76. The average molecular weight is 308 g/mol. The number of urea groups is 1. The number of hydrogen-bond acceptors (Lipinski definition) is 4. The van der Waals surface area contributed by atoms with Crippen LogP contribution >= 0.6 is 0 Å². The number of nitrogens with zero attached hydrogens (tertiary/aromatic N) is 4. The van der Waals surface area contributed by atoms with E-state index in [1.807, 2.05) is 42.6 Å². The summed E-state index contributed by atoms with van der Waals surface area (Å²) >= 11 is 0. The molecule has 0 spiro atoms. The van der Waals surface area contributed by atoms with Crippen molar-refractivity contribution in [1.82, 2.24) is 30.4 Å². The topological polar surface area (TPSA) is 84.7 Å². The van der Waals surface area contributed by atoms with Gasteiger partial charge in [-0.25, -0.2) is 14.5 Å². The van der Waals surface area contributed by atoms with Crippen LogP contribution < -0.4 is 10.6 Å². The summed E-state index contributed by atoms with van der Waals surface area (Å²) < 4.78 is 1.67. The molecule has 0 aliphatic carbocycles. The second kappa shape index (κ2) is 7.17. The molecule has 23 heavy (non-hydrogen) atoms. The number of rotatable bonds is 5. The summed E-state index contributed by atoms with van der Waals surface area (Å²) in [6, 6.07) is 10.9. The monoisotopic (exact) mass is 308 g/mol. The lowest BCUT2D eigenvalue weighted by Crippen LogP contribution is -2.34. The average Bonchev–Trinajstić information content (AvgIpc) is 3.14. The third-order valence-corrected chi connectivity index (χ3v) is 3.16. The minimum absolute atomic E-state index is 0.242. The Morgan fingerprint density at radius 2 is 1.91 bits per heavy atom. The van der Waals surface area contributed by atoms with Crippen molar-refractivity contribution < 1.29 is 4.79 Å². The van der Waals surface area contributed by atoms with Gasteiger partial charge in [-0.05, 0) is 35.9 Å². The van der Waals surface area contributed by atoms with Crippen molar-refractivity contribution in [3.63, 3.8) is 0 Å². The molecular formula is C16H16N6O. The molecule has 2 N–H and O–H groups in total. The molecule has 3 heterocycles. The van der Waals surface area contributed by atoms with Crippen LogP contribution in [-0.4, -0.2) is 25.8 Å². The first-order valence-corrected chi connectivity index (χ1v) is 7.18. The highest BCUT2D eigenvalue weighted by molar-refractivity contribution is 5.73. The number of aromatic nitrogens is 4. The maximum atomic E-state index is 11.8. The van der Waals surface area contributed by atoms with Crippen LogP contribution in [0.2, 0.25) is 0 Å². The van der Waals surface area contributed by atoms with Crippen molar-refractivity contribution in [2.75, 3.05) is 0 Å². The Labute approximate surface area is 133 Å². The molecule has 0 radical (unpaired) electrons. The molecule has 0 saturated heterocycles. The fourth-order valence-corrected chi connectivity index (χ4v) is 2.02. The molecule has 7 nitrogen and oxygen atoms in total. The predicted molar refractivity (Wildman–Crippen MR) is 84.7 cm³/mol. The van der Waals surface area contributed by atoms with Gasteiger partial charge in [0.2, 0.25) is 0 Å². The van der Waals surface area contributed by atoms with Crippen molar-refractivity contribution in [2.45, 2.75) is 13.1 Å². The first kappa shape index (κ1) is 14.7. The van der Waals surface area contributed by atoms with E-state index in [2.05, 4.69) is 25.7 Å². The molecule has 3 aromatic heterocycles. The van der Waals surface area contributed by atoms with Gasteiger partial charge in [0.1, 0.15) is 0 Å². The molecule has 0 aliphatic heterocycles. The van der Waals surface area contributed by atoms with Gasteiger partial charge in [-0.3, -0.25) is 4.98 Å². The molecule has 116 valence electrons. The van der Waals surface area contributed by atoms with Gasteiger partial charge in [0, 0.05) is 31.3 Å². The van der Waals surface area contributed by atoms with Crippen LogP contribution in [0.25, 0.3) is 5.82 Å². The molecule has 0 aliphatic rings. The lowest BCUT2D eigenvalue weighted by atomic mass is 10.2. The van der Waals surface area contributed by atoms with Crippen molar-refractivity contribution in [1.29, 1.82) is 0 Å². The molecule has 3 aromatic rings. The van der Waals surface area contributed by atoms with E-state index in [1.165, 1.54) is 0 Å². The lowest BCUT2D eigenvalue weighted by Gasteiger charge is -2.08. The second-order valence-electron chi connectivity index (χ2n) is 4.83. The van der Waals surface area contributed by atoms with E-state index < -0.39 is 0 Å². The van der Waals surface area contributed by atoms with Crippen LogP contribution in [0, 0.1) is 0 Å². The predicted octanol–water partition coefficient (Wildman–Crippen LogP) is 1.66. The third-order valence-electron chi connectivity index (χ3n) is 3.16. The number of hydrogen-bond donors (Lipinski definition) is 2. The highest BCUT2D eigenvalue weighted by atomic mass is 16.2. The molecule has 0 unspecified atom stereocenters. The highest BCUT2D eigenvalue weighted by Gasteiger charge is 2.03. The molecule has 3 rings (SSSR count). The Morgan fingerprint density at radius 1 is 1.00 bits per heavy atom. The quantitative estimate of drug-likeness (QED) is 0.751. The fraction of sp³-hybridized carbons (Fsp3) is 0.125. The molecule has 0 atom stereocenters. The largest absolute Gasteiger partial charge is 0.334 e. The minimum Gasteiger partial charge on any atom is -0.334 e. The first-order valence-electron chi connectivity index (χ1n) is 7.18. The normalized spacial score (nSPS) is 10.3. The zero-order chi connectivity index (χ0) is 15.9. The summed E-state index contributed by atoms with van der Waals surface area (Å²) in [6.07, 6.45) is 6.90. The van der Waals surface area contributed by atoms with Gasteiger partial charge in [-0.1, -0.05) is 6.07 Å².